The van der Waals surface area contributed by atoms with Crippen LogP contribution < -0.4 is 15.2 Å². The molecule has 1 aromatic carbocycles. The molecule has 0 radical (unpaired) electrons. The highest BCUT2D eigenvalue weighted by molar-refractivity contribution is 5.70. The summed E-state index contributed by atoms with van der Waals surface area (Å²) in [7, 11) is 1.35. The molecule has 1 unspecified atom stereocenters. The summed E-state index contributed by atoms with van der Waals surface area (Å²) in [4.78, 5) is 11.2. The molecule has 2 rings (SSSR count). The molecule has 2 N–H and O–H groups in total. The molecular formula is C13H17NO4. The Bertz CT molecular complexity index is 459. The van der Waals surface area contributed by atoms with Crippen LogP contribution in [0.5, 0.6) is 11.5 Å². The summed E-state index contributed by atoms with van der Waals surface area (Å²) in [5.41, 5.74) is 7.87. The second kappa shape index (κ2) is 5.27. The van der Waals surface area contributed by atoms with Gasteiger partial charge in [0.1, 0.15) is 13.2 Å². The minimum atomic E-state index is -0.395. The van der Waals surface area contributed by atoms with Gasteiger partial charge in [-0.3, -0.25) is 4.79 Å². The molecule has 0 aliphatic carbocycles. The first-order chi connectivity index (χ1) is 8.61. The lowest BCUT2D eigenvalue weighted by molar-refractivity contribution is -0.141. The average molecular weight is 251 g/mol. The largest absolute Gasteiger partial charge is 0.486 e. The summed E-state index contributed by atoms with van der Waals surface area (Å²) >= 11 is 0. The topological polar surface area (TPSA) is 70.8 Å². The average Bonchev–Trinajstić information content (AvgIpc) is 2.37. The van der Waals surface area contributed by atoms with E-state index in [-0.39, 0.29) is 12.4 Å². The molecular weight excluding hydrogens is 234 g/mol. The maximum atomic E-state index is 11.2. The van der Waals surface area contributed by atoms with Gasteiger partial charge in [-0.2, -0.15) is 0 Å². The molecule has 0 fully saturated rings. The van der Waals surface area contributed by atoms with Crippen LogP contribution >= 0.6 is 0 Å². The number of hydrogen-bond acceptors (Lipinski definition) is 5. The Kier molecular flexibility index (Phi) is 3.72. The van der Waals surface area contributed by atoms with E-state index in [1.807, 2.05) is 19.1 Å². The number of methoxy groups -OCH3 is 1. The number of nitrogens with two attached hydrogens (primary N) is 1. The third-order valence-corrected chi connectivity index (χ3v) is 2.94. The molecule has 98 valence electrons. The van der Waals surface area contributed by atoms with Crippen LogP contribution in [0.15, 0.2) is 12.1 Å². The van der Waals surface area contributed by atoms with Crippen LogP contribution in [-0.2, 0) is 9.53 Å². The Balaban J connectivity index is 2.24. The van der Waals surface area contributed by atoms with Gasteiger partial charge in [0, 0.05) is 6.04 Å². The molecule has 1 aromatic rings. The molecule has 0 bridgehead atoms. The van der Waals surface area contributed by atoms with Crippen LogP contribution in [-0.4, -0.2) is 26.3 Å². The van der Waals surface area contributed by atoms with E-state index < -0.39 is 6.04 Å². The fourth-order valence-corrected chi connectivity index (χ4v) is 1.98. The van der Waals surface area contributed by atoms with Gasteiger partial charge in [-0.05, 0) is 30.2 Å². The predicted molar refractivity (Wildman–Crippen MR) is 65.7 cm³/mol. The fraction of sp³-hybridized carbons (Fsp3) is 0.462. The molecule has 0 aromatic heterocycles. The van der Waals surface area contributed by atoms with Crippen LogP contribution in [0, 0.1) is 6.92 Å². The van der Waals surface area contributed by atoms with Gasteiger partial charge in [0.15, 0.2) is 11.5 Å². The van der Waals surface area contributed by atoms with E-state index in [2.05, 4.69) is 4.74 Å². The molecule has 1 atom stereocenters. The molecule has 0 amide bonds. The van der Waals surface area contributed by atoms with E-state index in [1.54, 1.807) is 0 Å². The van der Waals surface area contributed by atoms with Crippen molar-refractivity contribution < 1.29 is 19.0 Å². The highest BCUT2D eigenvalue weighted by Crippen LogP contribution is 2.35. The monoisotopic (exact) mass is 251 g/mol. The van der Waals surface area contributed by atoms with Crippen molar-refractivity contribution in [3.63, 3.8) is 0 Å². The van der Waals surface area contributed by atoms with E-state index in [0.717, 1.165) is 16.9 Å². The van der Waals surface area contributed by atoms with Gasteiger partial charge < -0.3 is 19.9 Å². The number of rotatable bonds is 3. The molecule has 5 heteroatoms. The minimum Gasteiger partial charge on any atom is -0.486 e. The zero-order valence-electron chi connectivity index (χ0n) is 10.6. The van der Waals surface area contributed by atoms with E-state index in [1.165, 1.54) is 7.11 Å². The van der Waals surface area contributed by atoms with Crippen molar-refractivity contribution in [2.45, 2.75) is 19.4 Å². The summed E-state index contributed by atoms with van der Waals surface area (Å²) < 4.78 is 15.6. The third-order valence-electron chi connectivity index (χ3n) is 2.94. The van der Waals surface area contributed by atoms with Crippen LogP contribution in [0.1, 0.15) is 23.6 Å². The second-order valence-electron chi connectivity index (χ2n) is 4.24. The van der Waals surface area contributed by atoms with Crippen LogP contribution in [0.25, 0.3) is 0 Å². The molecule has 18 heavy (non-hydrogen) atoms. The van der Waals surface area contributed by atoms with Crippen molar-refractivity contribution in [1.82, 2.24) is 0 Å². The first kappa shape index (κ1) is 12.7. The Hall–Kier alpha value is -1.75. The quantitative estimate of drug-likeness (QED) is 0.821. The van der Waals surface area contributed by atoms with E-state index in [4.69, 9.17) is 15.2 Å². The number of fused-ring (bicyclic) bond motifs is 1. The number of hydrogen-bond donors (Lipinski definition) is 1. The van der Waals surface area contributed by atoms with Gasteiger partial charge in [-0.25, -0.2) is 0 Å². The molecule has 0 saturated heterocycles. The van der Waals surface area contributed by atoms with Crippen molar-refractivity contribution in [2.75, 3.05) is 20.3 Å². The first-order valence-corrected chi connectivity index (χ1v) is 5.84. The van der Waals surface area contributed by atoms with Gasteiger partial charge in [-0.1, -0.05) is 0 Å². The fourth-order valence-electron chi connectivity index (χ4n) is 1.98. The molecule has 0 saturated carbocycles. The highest BCUT2D eigenvalue weighted by atomic mass is 16.6. The number of ether oxygens (including phenoxy) is 3. The van der Waals surface area contributed by atoms with E-state index in [0.29, 0.717) is 19.0 Å². The molecule has 5 nitrogen and oxygen atoms in total. The number of carbonyl (C=O) groups excluding carboxylic acids is 1. The van der Waals surface area contributed by atoms with Crippen LogP contribution in [0.3, 0.4) is 0 Å². The highest BCUT2D eigenvalue weighted by Gasteiger charge is 2.19. The normalized spacial score (nSPS) is 15.1. The lowest BCUT2D eigenvalue weighted by Crippen LogP contribution is -2.19. The standard InChI is InChI=1S/C13H17NO4/c1-8-5-11-12(18-4-3-17-11)6-9(8)10(14)7-13(15)16-2/h5-6,10H,3-4,7,14H2,1-2H3. The summed E-state index contributed by atoms with van der Waals surface area (Å²) in [6.45, 7) is 3.02. The summed E-state index contributed by atoms with van der Waals surface area (Å²) in [5, 5.41) is 0. The zero-order valence-corrected chi connectivity index (χ0v) is 10.6. The smallest absolute Gasteiger partial charge is 0.307 e. The maximum Gasteiger partial charge on any atom is 0.307 e. The van der Waals surface area contributed by atoms with Crippen molar-refractivity contribution >= 4 is 5.97 Å². The van der Waals surface area contributed by atoms with E-state index >= 15 is 0 Å². The number of benzene rings is 1. The van der Waals surface area contributed by atoms with Gasteiger partial charge in [0.05, 0.1) is 13.5 Å². The zero-order chi connectivity index (χ0) is 13.1. The Morgan fingerprint density at radius 3 is 2.61 bits per heavy atom. The third kappa shape index (κ3) is 2.56. The van der Waals surface area contributed by atoms with Crippen molar-refractivity contribution in [3.8, 4) is 11.5 Å². The number of esters is 1. The SMILES string of the molecule is COC(=O)CC(N)c1cc2c(cc1C)OCCO2. The summed E-state index contributed by atoms with van der Waals surface area (Å²) in [6.07, 6.45) is 0.150. The lowest BCUT2D eigenvalue weighted by Gasteiger charge is -2.22. The summed E-state index contributed by atoms with van der Waals surface area (Å²) in [6, 6.07) is 3.34. The van der Waals surface area contributed by atoms with Crippen molar-refractivity contribution in [2.24, 2.45) is 5.73 Å². The predicted octanol–water partition coefficient (Wildman–Crippen LogP) is 1.33. The summed E-state index contributed by atoms with van der Waals surface area (Å²) in [5.74, 6) is 1.09. The second-order valence-corrected chi connectivity index (χ2v) is 4.24. The Morgan fingerprint density at radius 2 is 2.00 bits per heavy atom. The molecule has 1 aliphatic rings. The van der Waals surface area contributed by atoms with Gasteiger partial charge >= 0.3 is 5.97 Å². The van der Waals surface area contributed by atoms with Crippen LogP contribution in [0.4, 0.5) is 0 Å². The van der Waals surface area contributed by atoms with E-state index in [9.17, 15) is 4.79 Å². The first-order valence-electron chi connectivity index (χ1n) is 5.84. The Labute approximate surface area is 106 Å². The van der Waals surface area contributed by atoms with Gasteiger partial charge in [0.25, 0.3) is 0 Å². The Morgan fingerprint density at radius 1 is 1.39 bits per heavy atom. The van der Waals surface area contributed by atoms with Crippen molar-refractivity contribution in [3.05, 3.63) is 23.3 Å². The maximum absolute atomic E-state index is 11.2. The molecule has 1 heterocycles. The number of aryl methyl sites for hydroxylation is 1. The van der Waals surface area contributed by atoms with Crippen LogP contribution in [0.2, 0.25) is 0 Å². The molecule has 1 aliphatic heterocycles. The van der Waals surface area contributed by atoms with Gasteiger partial charge in [-0.15, -0.1) is 0 Å². The minimum absolute atomic E-state index is 0.150. The molecule has 0 spiro atoms. The van der Waals surface area contributed by atoms with Crippen molar-refractivity contribution in [1.29, 1.82) is 0 Å². The lowest BCUT2D eigenvalue weighted by atomic mass is 9.98. The van der Waals surface area contributed by atoms with Gasteiger partial charge in [0.2, 0.25) is 0 Å². The number of carbonyl (C=O) groups is 1.